The molecule has 0 saturated heterocycles. The number of fused-ring (bicyclic) bond motifs is 1. The van der Waals surface area contributed by atoms with E-state index in [1.54, 1.807) is 6.92 Å². The molecule has 0 bridgehead atoms. The molecular weight excluding hydrogens is 383 g/mol. The van der Waals surface area contributed by atoms with Gasteiger partial charge in [0.25, 0.3) is 0 Å². The van der Waals surface area contributed by atoms with Crippen LogP contribution < -0.4 is 9.04 Å². The van der Waals surface area contributed by atoms with Crippen molar-refractivity contribution in [2.24, 2.45) is 0 Å². The number of hydrogen-bond donors (Lipinski definition) is 1. The number of nitrogens with one attached hydrogen (secondary N) is 1. The molecule has 0 fully saturated rings. The van der Waals surface area contributed by atoms with Crippen LogP contribution in [0.15, 0.2) is 30.5 Å². The fourth-order valence-corrected chi connectivity index (χ4v) is 4.31. The lowest BCUT2D eigenvalue weighted by Gasteiger charge is -2.24. The number of aromatic nitrogens is 3. The summed E-state index contributed by atoms with van der Waals surface area (Å²) in [6.45, 7) is 1.73. The minimum atomic E-state index is -3.85. The molecule has 10 heteroatoms. The van der Waals surface area contributed by atoms with Gasteiger partial charge in [-0.1, -0.05) is 18.5 Å². The second-order valence-electron chi connectivity index (χ2n) is 5.50. The summed E-state index contributed by atoms with van der Waals surface area (Å²) in [5, 5.41) is 7.28. The Hall–Kier alpha value is -2.39. The normalized spacial score (nSPS) is 11.7. The summed E-state index contributed by atoms with van der Waals surface area (Å²) in [5.74, 6) is -0.648. The third kappa shape index (κ3) is 3.32. The molecule has 0 unspecified atom stereocenters. The second kappa shape index (κ2) is 7.08. The van der Waals surface area contributed by atoms with E-state index in [2.05, 4.69) is 15.2 Å². The van der Waals surface area contributed by atoms with Crippen LogP contribution in [0.2, 0.25) is 5.02 Å². The van der Waals surface area contributed by atoms with Crippen LogP contribution in [0.5, 0.6) is 5.88 Å². The molecule has 1 aromatic carbocycles. The van der Waals surface area contributed by atoms with Gasteiger partial charge in [-0.25, -0.2) is 22.1 Å². The summed E-state index contributed by atoms with van der Waals surface area (Å²) >= 11 is 5.80. The van der Waals surface area contributed by atoms with Gasteiger partial charge in [0, 0.05) is 5.02 Å². The summed E-state index contributed by atoms with van der Waals surface area (Å²) in [5.41, 5.74) is 0.466. The molecule has 0 aliphatic rings. The number of pyridine rings is 1. The highest BCUT2D eigenvalue weighted by Gasteiger charge is 2.27. The van der Waals surface area contributed by atoms with Crippen LogP contribution in [0.3, 0.4) is 0 Å². The Labute approximate surface area is 154 Å². The molecule has 3 aromatic rings. The molecule has 0 saturated carbocycles. The van der Waals surface area contributed by atoms with Crippen LogP contribution in [0.25, 0.3) is 11.0 Å². The lowest BCUT2D eigenvalue weighted by atomic mass is 10.2. The van der Waals surface area contributed by atoms with Crippen LogP contribution in [0, 0.1) is 5.82 Å². The first-order valence-corrected chi connectivity index (χ1v) is 9.72. The van der Waals surface area contributed by atoms with E-state index in [9.17, 15) is 12.8 Å². The highest BCUT2D eigenvalue weighted by atomic mass is 35.5. The third-order valence-corrected chi connectivity index (χ3v) is 5.79. The van der Waals surface area contributed by atoms with Gasteiger partial charge in [0.05, 0.1) is 35.8 Å². The standard InChI is InChI=1S/C16H16ClFN4O3S/c1-3-6-26(23,24)22(14-5-4-10(17)7-13(14)18)11-8-12-15(19-9-11)20-21-16(12)25-2/h4-5,7-9H,3,6H2,1-2H3,(H,19,20,21). The number of ether oxygens (including phenoxy) is 1. The van der Waals surface area contributed by atoms with Crippen molar-refractivity contribution >= 4 is 44.0 Å². The van der Waals surface area contributed by atoms with Crippen LogP contribution in [0.1, 0.15) is 13.3 Å². The van der Waals surface area contributed by atoms with Crippen molar-refractivity contribution in [2.45, 2.75) is 13.3 Å². The van der Waals surface area contributed by atoms with Crippen molar-refractivity contribution in [3.05, 3.63) is 41.3 Å². The fourth-order valence-electron chi connectivity index (χ4n) is 2.58. The number of anilines is 2. The zero-order chi connectivity index (χ0) is 18.9. The Bertz CT molecular complexity index is 1050. The molecule has 2 heterocycles. The maximum absolute atomic E-state index is 14.5. The number of H-pyrrole nitrogens is 1. The molecule has 0 radical (unpaired) electrons. The zero-order valence-electron chi connectivity index (χ0n) is 14.0. The van der Waals surface area contributed by atoms with Gasteiger partial charge in [-0.05, 0) is 30.7 Å². The van der Waals surface area contributed by atoms with Gasteiger partial charge in [0.15, 0.2) is 5.65 Å². The van der Waals surface area contributed by atoms with E-state index in [1.165, 1.54) is 31.5 Å². The van der Waals surface area contributed by atoms with Gasteiger partial charge < -0.3 is 4.74 Å². The van der Waals surface area contributed by atoms with Crippen molar-refractivity contribution in [1.82, 2.24) is 15.2 Å². The second-order valence-corrected chi connectivity index (χ2v) is 7.87. The lowest BCUT2D eigenvalue weighted by molar-refractivity contribution is 0.401. The molecule has 138 valence electrons. The van der Waals surface area contributed by atoms with E-state index < -0.39 is 15.8 Å². The summed E-state index contributed by atoms with van der Waals surface area (Å²) < 4.78 is 46.3. The van der Waals surface area contributed by atoms with E-state index >= 15 is 0 Å². The fraction of sp³-hybridized carbons (Fsp3) is 0.250. The van der Waals surface area contributed by atoms with Crippen molar-refractivity contribution < 1.29 is 17.5 Å². The maximum atomic E-state index is 14.5. The Morgan fingerprint density at radius 2 is 2.12 bits per heavy atom. The first kappa shape index (κ1) is 18.4. The number of hydrogen-bond acceptors (Lipinski definition) is 5. The Morgan fingerprint density at radius 1 is 1.35 bits per heavy atom. The average Bonchev–Trinajstić information content (AvgIpc) is 2.99. The Balaban J connectivity index is 2.23. The molecule has 0 spiro atoms. The number of rotatable bonds is 6. The summed E-state index contributed by atoms with van der Waals surface area (Å²) in [6, 6.07) is 5.35. The number of sulfonamides is 1. The van der Waals surface area contributed by atoms with E-state index in [0.29, 0.717) is 17.5 Å². The van der Waals surface area contributed by atoms with Crippen LogP contribution in [-0.2, 0) is 10.0 Å². The molecule has 0 aliphatic heterocycles. The van der Waals surface area contributed by atoms with Crippen molar-refractivity contribution in [1.29, 1.82) is 0 Å². The minimum Gasteiger partial charge on any atom is -0.479 e. The SMILES string of the molecule is CCCS(=O)(=O)N(c1cnc2[nH]nc(OC)c2c1)c1ccc(Cl)cc1F. The van der Waals surface area contributed by atoms with Gasteiger partial charge in [0.1, 0.15) is 5.82 Å². The lowest BCUT2D eigenvalue weighted by Crippen LogP contribution is -2.29. The van der Waals surface area contributed by atoms with Crippen molar-refractivity contribution in [2.75, 3.05) is 17.2 Å². The number of halogens is 2. The van der Waals surface area contributed by atoms with Gasteiger partial charge in [-0.2, -0.15) is 0 Å². The van der Waals surface area contributed by atoms with Crippen LogP contribution in [-0.4, -0.2) is 36.5 Å². The molecule has 0 amide bonds. The topological polar surface area (TPSA) is 88.2 Å². The Morgan fingerprint density at radius 3 is 2.77 bits per heavy atom. The van der Waals surface area contributed by atoms with Crippen LogP contribution >= 0.6 is 11.6 Å². The zero-order valence-corrected chi connectivity index (χ0v) is 15.6. The molecular formula is C16H16ClFN4O3S. The predicted molar refractivity (Wildman–Crippen MR) is 98.1 cm³/mol. The monoisotopic (exact) mass is 398 g/mol. The Kier molecular flexibility index (Phi) is 5.01. The van der Waals surface area contributed by atoms with E-state index in [4.69, 9.17) is 16.3 Å². The van der Waals surface area contributed by atoms with Crippen molar-refractivity contribution in [3.8, 4) is 5.88 Å². The van der Waals surface area contributed by atoms with Crippen LogP contribution in [0.4, 0.5) is 15.8 Å². The third-order valence-electron chi connectivity index (χ3n) is 3.66. The summed E-state index contributed by atoms with van der Waals surface area (Å²) in [4.78, 5) is 4.16. The molecule has 26 heavy (non-hydrogen) atoms. The molecule has 0 aliphatic carbocycles. The van der Waals surface area contributed by atoms with Crippen molar-refractivity contribution in [3.63, 3.8) is 0 Å². The van der Waals surface area contributed by atoms with E-state index in [-0.39, 0.29) is 28.0 Å². The smallest absolute Gasteiger partial charge is 0.242 e. The highest BCUT2D eigenvalue weighted by molar-refractivity contribution is 7.93. The molecule has 1 N–H and O–H groups in total. The van der Waals surface area contributed by atoms with E-state index in [0.717, 1.165) is 10.4 Å². The number of nitrogens with zero attached hydrogens (tertiary/aromatic N) is 3. The first-order valence-electron chi connectivity index (χ1n) is 7.73. The minimum absolute atomic E-state index is 0.133. The van der Waals surface area contributed by atoms with Gasteiger partial charge >= 0.3 is 0 Å². The van der Waals surface area contributed by atoms with E-state index in [1.807, 2.05) is 0 Å². The largest absolute Gasteiger partial charge is 0.479 e. The highest BCUT2D eigenvalue weighted by Crippen LogP contribution is 2.35. The maximum Gasteiger partial charge on any atom is 0.242 e. The predicted octanol–water partition coefficient (Wildman–Crippen LogP) is 3.64. The summed E-state index contributed by atoms with van der Waals surface area (Å²) in [6.07, 6.45) is 1.71. The number of benzene rings is 1. The number of aromatic amines is 1. The van der Waals surface area contributed by atoms with Gasteiger partial charge in [-0.15, -0.1) is 5.10 Å². The quantitative estimate of drug-likeness (QED) is 0.684. The molecule has 7 nitrogen and oxygen atoms in total. The molecule has 3 rings (SSSR count). The molecule has 2 aromatic heterocycles. The van der Waals surface area contributed by atoms with Gasteiger partial charge in [-0.3, -0.25) is 5.10 Å². The molecule has 0 atom stereocenters. The van der Waals surface area contributed by atoms with Gasteiger partial charge in [0.2, 0.25) is 15.9 Å². The first-order chi connectivity index (χ1) is 12.4. The summed E-state index contributed by atoms with van der Waals surface area (Å²) in [7, 11) is -2.41. The number of methoxy groups -OCH3 is 1. The average molecular weight is 399 g/mol.